The first-order valence-electron chi connectivity index (χ1n) is 6.07. The predicted octanol–water partition coefficient (Wildman–Crippen LogP) is 4.01. The quantitative estimate of drug-likeness (QED) is 0.490. The second-order valence-electron chi connectivity index (χ2n) is 4.26. The molecule has 0 saturated heterocycles. The molecule has 0 saturated carbocycles. The van der Waals surface area contributed by atoms with Crippen molar-refractivity contribution in [1.29, 1.82) is 0 Å². The molecule has 96 valence electrons. The smallest absolute Gasteiger partial charge is 0.220 e. The number of alkyl halides is 2. The summed E-state index contributed by atoms with van der Waals surface area (Å²) in [6.45, 7) is 4.28. The third-order valence-corrected chi connectivity index (χ3v) is 5.00. The molecule has 0 heterocycles. The lowest BCUT2D eigenvalue weighted by molar-refractivity contribution is -0.122. The van der Waals surface area contributed by atoms with Gasteiger partial charge >= 0.3 is 0 Å². The lowest BCUT2D eigenvalue weighted by Crippen LogP contribution is -2.51. The van der Waals surface area contributed by atoms with Crippen LogP contribution in [0.4, 0.5) is 0 Å². The minimum atomic E-state index is -0.123. The van der Waals surface area contributed by atoms with E-state index in [4.69, 9.17) is 0 Å². The van der Waals surface area contributed by atoms with Crippen LogP contribution in [0.15, 0.2) is 0 Å². The zero-order chi connectivity index (χ0) is 12.4. The predicted molar refractivity (Wildman–Crippen MR) is 77.5 cm³/mol. The molecule has 0 atom stereocenters. The molecule has 0 aliphatic carbocycles. The Morgan fingerprint density at radius 3 is 2.19 bits per heavy atom. The minimum Gasteiger partial charge on any atom is -0.349 e. The molecule has 0 aromatic carbocycles. The van der Waals surface area contributed by atoms with Gasteiger partial charge in [-0.3, -0.25) is 4.79 Å². The highest BCUT2D eigenvalue weighted by molar-refractivity contribution is 9.09. The molecule has 0 bridgehead atoms. The van der Waals surface area contributed by atoms with Gasteiger partial charge in [0.05, 0.1) is 5.54 Å². The van der Waals surface area contributed by atoms with Gasteiger partial charge in [0, 0.05) is 17.1 Å². The van der Waals surface area contributed by atoms with Crippen LogP contribution in [0.2, 0.25) is 0 Å². The Balaban J connectivity index is 3.91. The molecule has 0 radical (unpaired) electrons. The van der Waals surface area contributed by atoms with E-state index in [-0.39, 0.29) is 11.4 Å². The van der Waals surface area contributed by atoms with E-state index in [9.17, 15) is 4.79 Å². The lowest BCUT2D eigenvalue weighted by Gasteiger charge is -2.30. The normalized spacial score (nSPS) is 11.5. The maximum Gasteiger partial charge on any atom is 0.220 e. The van der Waals surface area contributed by atoms with E-state index >= 15 is 0 Å². The van der Waals surface area contributed by atoms with Crippen LogP contribution in [0.5, 0.6) is 0 Å². The molecule has 0 rings (SSSR count). The van der Waals surface area contributed by atoms with Gasteiger partial charge in [-0.2, -0.15) is 0 Å². The molecular formula is C12H23Br2NO. The van der Waals surface area contributed by atoms with E-state index in [1.54, 1.807) is 0 Å². The van der Waals surface area contributed by atoms with Gasteiger partial charge in [-0.1, -0.05) is 65.0 Å². The van der Waals surface area contributed by atoms with Crippen molar-refractivity contribution in [3.63, 3.8) is 0 Å². The van der Waals surface area contributed by atoms with E-state index in [0.717, 1.165) is 29.9 Å². The molecule has 1 N–H and O–H groups in total. The number of carbonyl (C=O) groups excluding carboxylic acids is 1. The summed E-state index contributed by atoms with van der Waals surface area (Å²) in [4.78, 5) is 11.7. The monoisotopic (exact) mass is 355 g/mol. The summed E-state index contributed by atoms with van der Waals surface area (Å²) in [7, 11) is 0. The van der Waals surface area contributed by atoms with Crippen LogP contribution in [-0.2, 0) is 4.79 Å². The Hall–Kier alpha value is 0.430. The van der Waals surface area contributed by atoms with Crippen molar-refractivity contribution >= 4 is 37.8 Å². The van der Waals surface area contributed by atoms with Crippen LogP contribution >= 0.6 is 31.9 Å². The molecule has 0 aliphatic heterocycles. The van der Waals surface area contributed by atoms with Gasteiger partial charge in [-0.05, 0) is 12.8 Å². The summed E-state index contributed by atoms with van der Waals surface area (Å²) in [6, 6.07) is 0. The standard InChI is InChI=1S/C12H23Br2NO/c1-3-5-6-7-8-11(16)15-12(4-2,9-13)10-14/h3-10H2,1-2H3,(H,15,16). The number of hydrogen-bond acceptors (Lipinski definition) is 1. The SMILES string of the molecule is CCCCCCC(=O)NC(CC)(CBr)CBr. The van der Waals surface area contributed by atoms with Crippen molar-refractivity contribution in [1.82, 2.24) is 5.32 Å². The molecule has 0 aromatic heterocycles. The molecule has 0 unspecified atom stereocenters. The molecule has 2 nitrogen and oxygen atoms in total. The summed E-state index contributed by atoms with van der Waals surface area (Å²) < 4.78 is 0. The number of rotatable bonds is 9. The Bertz CT molecular complexity index is 185. The highest BCUT2D eigenvalue weighted by atomic mass is 79.9. The van der Waals surface area contributed by atoms with E-state index < -0.39 is 0 Å². The molecule has 16 heavy (non-hydrogen) atoms. The van der Waals surface area contributed by atoms with Crippen molar-refractivity contribution in [2.75, 3.05) is 10.7 Å². The van der Waals surface area contributed by atoms with Crippen LogP contribution in [0.25, 0.3) is 0 Å². The van der Waals surface area contributed by atoms with Crippen molar-refractivity contribution < 1.29 is 4.79 Å². The summed E-state index contributed by atoms with van der Waals surface area (Å²) in [6.07, 6.45) is 6.19. The lowest BCUT2D eigenvalue weighted by atomic mass is 10.0. The first-order valence-corrected chi connectivity index (χ1v) is 8.31. The summed E-state index contributed by atoms with van der Waals surface area (Å²) in [5, 5.41) is 4.71. The van der Waals surface area contributed by atoms with Crippen molar-refractivity contribution in [3.05, 3.63) is 0 Å². The van der Waals surface area contributed by atoms with E-state index in [1.807, 2.05) is 0 Å². The van der Waals surface area contributed by atoms with Crippen LogP contribution in [0.1, 0.15) is 52.4 Å². The first kappa shape index (κ1) is 16.4. The van der Waals surface area contributed by atoms with Gasteiger partial charge in [0.15, 0.2) is 0 Å². The molecule has 4 heteroatoms. The van der Waals surface area contributed by atoms with Gasteiger partial charge in [0.1, 0.15) is 0 Å². The fraction of sp³-hybridized carbons (Fsp3) is 0.917. The maximum absolute atomic E-state index is 11.7. The van der Waals surface area contributed by atoms with Gasteiger partial charge in [0.2, 0.25) is 5.91 Å². The van der Waals surface area contributed by atoms with Crippen molar-refractivity contribution in [3.8, 4) is 0 Å². The number of unbranched alkanes of at least 4 members (excludes halogenated alkanes) is 3. The highest BCUT2D eigenvalue weighted by Gasteiger charge is 2.27. The topological polar surface area (TPSA) is 29.1 Å². The number of halogens is 2. The largest absolute Gasteiger partial charge is 0.349 e. The highest BCUT2D eigenvalue weighted by Crippen LogP contribution is 2.17. The summed E-state index contributed by atoms with van der Waals surface area (Å²) >= 11 is 6.94. The van der Waals surface area contributed by atoms with Crippen LogP contribution in [0, 0.1) is 0 Å². The van der Waals surface area contributed by atoms with Gasteiger partial charge < -0.3 is 5.32 Å². The second kappa shape index (κ2) is 9.46. The third kappa shape index (κ3) is 6.24. The Morgan fingerprint density at radius 1 is 1.12 bits per heavy atom. The summed E-state index contributed by atoms with van der Waals surface area (Å²) in [5.74, 6) is 0.178. The number of hydrogen-bond donors (Lipinski definition) is 1. The Labute approximate surface area is 116 Å². The van der Waals surface area contributed by atoms with E-state index in [2.05, 4.69) is 51.0 Å². The van der Waals surface area contributed by atoms with Crippen molar-refractivity contribution in [2.24, 2.45) is 0 Å². The molecule has 0 spiro atoms. The molecular weight excluding hydrogens is 334 g/mol. The van der Waals surface area contributed by atoms with Crippen molar-refractivity contribution in [2.45, 2.75) is 57.9 Å². The number of nitrogens with one attached hydrogen (secondary N) is 1. The maximum atomic E-state index is 11.7. The van der Waals surface area contributed by atoms with E-state index in [0.29, 0.717) is 6.42 Å². The fourth-order valence-electron chi connectivity index (χ4n) is 1.45. The van der Waals surface area contributed by atoms with Gasteiger partial charge in [-0.15, -0.1) is 0 Å². The Morgan fingerprint density at radius 2 is 1.75 bits per heavy atom. The molecule has 1 amide bonds. The van der Waals surface area contributed by atoms with Crippen LogP contribution < -0.4 is 5.32 Å². The minimum absolute atomic E-state index is 0.123. The Kier molecular flexibility index (Phi) is 9.71. The number of carbonyl (C=O) groups is 1. The van der Waals surface area contributed by atoms with Gasteiger partial charge in [-0.25, -0.2) is 0 Å². The molecule has 0 aromatic rings. The average Bonchev–Trinajstić information content (AvgIpc) is 2.32. The molecule has 0 fully saturated rings. The number of amides is 1. The first-order chi connectivity index (χ1) is 7.64. The summed E-state index contributed by atoms with van der Waals surface area (Å²) in [5.41, 5.74) is -0.123. The third-order valence-electron chi connectivity index (χ3n) is 2.85. The second-order valence-corrected chi connectivity index (χ2v) is 5.38. The zero-order valence-electron chi connectivity index (χ0n) is 10.3. The molecule has 0 aliphatic rings. The average molecular weight is 357 g/mol. The fourth-order valence-corrected chi connectivity index (χ4v) is 3.45. The van der Waals surface area contributed by atoms with Crippen LogP contribution in [-0.4, -0.2) is 22.1 Å². The van der Waals surface area contributed by atoms with E-state index in [1.165, 1.54) is 12.8 Å². The van der Waals surface area contributed by atoms with Crippen LogP contribution in [0.3, 0.4) is 0 Å². The van der Waals surface area contributed by atoms with Gasteiger partial charge in [0.25, 0.3) is 0 Å². The zero-order valence-corrected chi connectivity index (χ0v) is 13.5.